The molecule has 1 aliphatic carbocycles. The number of carbonyl (C=O) groups is 2. The first-order valence-corrected chi connectivity index (χ1v) is 7.66. The van der Waals surface area contributed by atoms with Crippen molar-refractivity contribution < 1.29 is 14.3 Å². The third kappa shape index (κ3) is 3.87. The minimum atomic E-state index is -0.488. The van der Waals surface area contributed by atoms with E-state index in [1.54, 1.807) is 0 Å². The van der Waals surface area contributed by atoms with Gasteiger partial charge in [0.15, 0.2) is 0 Å². The maximum atomic E-state index is 11.9. The molecule has 0 aromatic heterocycles. The van der Waals surface area contributed by atoms with E-state index < -0.39 is 5.60 Å². The summed E-state index contributed by atoms with van der Waals surface area (Å²) in [4.78, 5) is 25.8. The molecule has 2 amide bonds. The molecular weight excluding hydrogens is 256 g/mol. The summed E-state index contributed by atoms with van der Waals surface area (Å²) < 4.78 is 5.32. The largest absolute Gasteiger partial charge is 0.444 e. The molecule has 0 bridgehead atoms. The van der Waals surface area contributed by atoms with Gasteiger partial charge in [-0.3, -0.25) is 4.79 Å². The number of amides is 2. The van der Waals surface area contributed by atoms with Gasteiger partial charge in [0.2, 0.25) is 5.91 Å². The molecule has 2 atom stereocenters. The second kappa shape index (κ2) is 6.02. The smallest absolute Gasteiger partial charge is 0.407 e. The lowest BCUT2D eigenvalue weighted by molar-refractivity contribution is -0.130. The average molecular weight is 282 g/mol. The molecule has 1 N–H and O–H groups in total. The highest BCUT2D eigenvalue weighted by atomic mass is 16.6. The summed E-state index contributed by atoms with van der Waals surface area (Å²) in [6.45, 7) is 6.40. The van der Waals surface area contributed by atoms with Gasteiger partial charge in [0.05, 0.1) is 12.1 Å². The van der Waals surface area contributed by atoms with Crippen LogP contribution < -0.4 is 5.32 Å². The number of alkyl carbamates (subject to hydrolysis) is 1. The molecule has 1 saturated heterocycles. The molecule has 2 aliphatic rings. The molecule has 1 aliphatic heterocycles. The first-order valence-electron chi connectivity index (χ1n) is 7.66. The van der Waals surface area contributed by atoms with Crippen LogP contribution in [0, 0.1) is 0 Å². The van der Waals surface area contributed by atoms with E-state index >= 15 is 0 Å². The zero-order chi connectivity index (χ0) is 14.8. The monoisotopic (exact) mass is 282 g/mol. The molecule has 5 heteroatoms. The standard InChI is InChI=1S/C15H26N2O3/c1-15(2,3)20-14(19)16-11-7-4-5-8-12(11)17-10-6-9-13(17)18/h11-12H,4-10H2,1-3H3,(H,16,19)/t11-,12-/m1/s1. The van der Waals surface area contributed by atoms with Gasteiger partial charge in [0, 0.05) is 13.0 Å². The van der Waals surface area contributed by atoms with Gasteiger partial charge < -0.3 is 15.0 Å². The van der Waals surface area contributed by atoms with Crippen molar-refractivity contribution in [1.29, 1.82) is 0 Å². The van der Waals surface area contributed by atoms with Crippen LogP contribution >= 0.6 is 0 Å². The van der Waals surface area contributed by atoms with Gasteiger partial charge in [-0.25, -0.2) is 4.79 Å². The fourth-order valence-electron chi connectivity index (χ4n) is 3.13. The Kier molecular flexibility index (Phi) is 4.55. The lowest BCUT2D eigenvalue weighted by Crippen LogP contribution is -2.54. The summed E-state index contributed by atoms with van der Waals surface area (Å²) in [5.74, 6) is 0.230. The van der Waals surface area contributed by atoms with Crippen LogP contribution in [0.15, 0.2) is 0 Å². The summed E-state index contributed by atoms with van der Waals surface area (Å²) in [5.41, 5.74) is -0.488. The fourth-order valence-corrected chi connectivity index (χ4v) is 3.13. The molecule has 114 valence electrons. The van der Waals surface area contributed by atoms with Gasteiger partial charge in [-0.2, -0.15) is 0 Å². The number of nitrogens with one attached hydrogen (secondary N) is 1. The van der Waals surface area contributed by atoms with Gasteiger partial charge in [-0.05, 0) is 40.0 Å². The quantitative estimate of drug-likeness (QED) is 0.846. The molecule has 0 spiro atoms. The molecule has 1 heterocycles. The number of likely N-dealkylation sites (tertiary alicyclic amines) is 1. The summed E-state index contributed by atoms with van der Waals surface area (Å²) in [6.07, 6.45) is 5.34. The third-order valence-electron chi connectivity index (χ3n) is 3.94. The number of carbonyl (C=O) groups excluding carboxylic acids is 2. The average Bonchev–Trinajstić information content (AvgIpc) is 2.73. The fraction of sp³-hybridized carbons (Fsp3) is 0.867. The maximum Gasteiger partial charge on any atom is 0.407 e. The van der Waals surface area contributed by atoms with Gasteiger partial charge in [-0.15, -0.1) is 0 Å². The molecule has 0 radical (unpaired) electrons. The maximum absolute atomic E-state index is 11.9. The van der Waals surface area contributed by atoms with E-state index in [0.717, 1.165) is 38.6 Å². The van der Waals surface area contributed by atoms with Gasteiger partial charge >= 0.3 is 6.09 Å². The van der Waals surface area contributed by atoms with Gasteiger partial charge in [0.1, 0.15) is 5.60 Å². The topological polar surface area (TPSA) is 58.6 Å². The molecule has 1 saturated carbocycles. The van der Waals surface area contributed by atoms with Crippen molar-refractivity contribution in [2.24, 2.45) is 0 Å². The Morgan fingerprint density at radius 3 is 2.55 bits per heavy atom. The van der Waals surface area contributed by atoms with Crippen LogP contribution in [0.3, 0.4) is 0 Å². The second-order valence-corrected chi connectivity index (χ2v) is 6.80. The highest BCUT2D eigenvalue weighted by Crippen LogP contribution is 2.27. The van der Waals surface area contributed by atoms with E-state index in [1.165, 1.54) is 0 Å². The van der Waals surface area contributed by atoms with Crippen LogP contribution in [-0.4, -0.2) is 41.1 Å². The van der Waals surface area contributed by atoms with Crippen molar-refractivity contribution in [1.82, 2.24) is 10.2 Å². The number of rotatable bonds is 2. The Morgan fingerprint density at radius 2 is 1.95 bits per heavy atom. The predicted octanol–water partition coefficient (Wildman–Crippen LogP) is 2.44. The van der Waals surface area contributed by atoms with Crippen molar-refractivity contribution in [3.63, 3.8) is 0 Å². The van der Waals surface area contributed by atoms with Crippen molar-refractivity contribution in [2.45, 2.75) is 77.0 Å². The zero-order valence-corrected chi connectivity index (χ0v) is 12.8. The zero-order valence-electron chi connectivity index (χ0n) is 12.8. The molecule has 5 nitrogen and oxygen atoms in total. The van der Waals surface area contributed by atoms with Crippen molar-refractivity contribution >= 4 is 12.0 Å². The molecule has 0 aromatic carbocycles. The van der Waals surface area contributed by atoms with Crippen LogP contribution in [0.5, 0.6) is 0 Å². The highest BCUT2D eigenvalue weighted by molar-refractivity contribution is 5.78. The van der Waals surface area contributed by atoms with Gasteiger partial charge in [-0.1, -0.05) is 12.8 Å². The van der Waals surface area contributed by atoms with E-state index in [4.69, 9.17) is 4.74 Å². The van der Waals surface area contributed by atoms with Gasteiger partial charge in [0.25, 0.3) is 0 Å². The second-order valence-electron chi connectivity index (χ2n) is 6.80. The van der Waals surface area contributed by atoms with Crippen LogP contribution in [0.1, 0.15) is 59.3 Å². The Balaban J connectivity index is 1.96. The van der Waals surface area contributed by atoms with Crippen LogP contribution in [0.25, 0.3) is 0 Å². The van der Waals surface area contributed by atoms with Crippen LogP contribution in [0.2, 0.25) is 0 Å². The summed E-state index contributed by atoms with van der Waals surface area (Å²) >= 11 is 0. The SMILES string of the molecule is CC(C)(C)OC(=O)N[C@@H]1CCCC[C@H]1N1CCCC1=O. The molecule has 2 fully saturated rings. The molecule has 20 heavy (non-hydrogen) atoms. The molecule has 2 rings (SSSR count). The van der Waals surface area contributed by atoms with E-state index in [1.807, 2.05) is 25.7 Å². The first-order chi connectivity index (χ1) is 9.37. The number of nitrogens with zero attached hydrogens (tertiary/aromatic N) is 1. The lowest BCUT2D eigenvalue weighted by atomic mass is 9.89. The van der Waals surface area contributed by atoms with Crippen molar-refractivity contribution in [3.8, 4) is 0 Å². The van der Waals surface area contributed by atoms with E-state index in [2.05, 4.69) is 5.32 Å². The molecule has 0 aromatic rings. The number of ether oxygens (including phenoxy) is 1. The van der Waals surface area contributed by atoms with E-state index in [9.17, 15) is 9.59 Å². The minimum absolute atomic E-state index is 0.0284. The highest BCUT2D eigenvalue weighted by Gasteiger charge is 2.36. The Morgan fingerprint density at radius 1 is 1.25 bits per heavy atom. The van der Waals surface area contributed by atoms with Crippen LogP contribution in [0.4, 0.5) is 4.79 Å². The lowest BCUT2D eigenvalue weighted by Gasteiger charge is -2.38. The summed E-state index contributed by atoms with van der Waals surface area (Å²) in [6, 6.07) is 0.173. The molecule has 0 unspecified atom stereocenters. The third-order valence-corrected chi connectivity index (χ3v) is 3.94. The van der Waals surface area contributed by atoms with E-state index in [0.29, 0.717) is 6.42 Å². The Hall–Kier alpha value is -1.26. The minimum Gasteiger partial charge on any atom is -0.444 e. The van der Waals surface area contributed by atoms with Crippen molar-refractivity contribution in [3.05, 3.63) is 0 Å². The van der Waals surface area contributed by atoms with Crippen molar-refractivity contribution in [2.75, 3.05) is 6.54 Å². The first kappa shape index (κ1) is 15.1. The summed E-state index contributed by atoms with van der Waals surface area (Å²) in [5, 5.41) is 2.97. The summed E-state index contributed by atoms with van der Waals surface area (Å²) in [7, 11) is 0. The normalized spacial score (nSPS) is 27.6. The Labute approximate surface area is 121 Å². The number of hydrogen-bond donors (Lipinski definition) is 1. The predicted molar refractivity (Wildman–Crippen MR) is 76.4 cm³/mol. The van der Waals surface area contributed by atoms with E-state index in [-0.39, 0.29) is 24.1 Å². The molecular formula is C15H26N2O3. The Bertz CT molecular complexity index is 376. The number of hydrogen-bond acceptors (Lipinski definition) is 3. The van der Waals surface area contributed by atoms with Crippen LogP contribution in [-0.2, 0) is 9.53 Å².